The third-order valence-electron chi connectivity index (χ3n) is 7.00. The summed E-state index contributed by atoms with van der Waals surface area (Å²) in [6, 6.07) is 7.67. The normalized spacial score (nSPS) is 19.0. The number of aromatic nitrogens is 1. The minimum atomic E-state index is -3.80. The van der Waals surface area contributed by atoms with Crippen LogP contribution in [0.15, 0.2) is 33.7 Å². The zero-order valence-electron chi connectivity index (χ0n) is 20.5. The monoisotopic (exact) mass is 501 g/mol. The number of nitrogens with zero attached hydrogens (tertiary/aromatic N) is 2. The molecule has 1 aromatic heterocycles. The summed E-state index contributed by atoms with van der Waals surface area (Å²) in [7, 11) is -2.20. The summed E-state index contributed by atoms with van der Waals surface area (Å²) in [6.07, 6.45) is 11.3. The molecule has 0 radical (unpaired) electrons. The molecule has 35 heavy (non-hydrogen) atoms. The average Bonchev–Trinajstić information content (AvgIpc) is 3.07. The predicted molar refractivity (Wildman–Crippen MR) is 134 cm³/mol. The van der Waals surface area contributed by atoms with Crippen molar-refractivity contribution < 1.29 is 22.5 Å². The Morgan fingerprint density at radius 2 is 1.71 bits per heavy atom. The van der Waals surface area contributed by atoms with Crippen molar-refractivity contribution >= 4 is 28.1 Å². The van der Waals surface area contributed by atoms with Crippen molar-refractivity contribution in [2.24, 2.45) is 5.92 Å². The maximum Gasteiger partial charge on any atom is 0.248 e. The molecule has 1 aliphatic carbocycles. The quantitative estimate of drug-likeness (QED) is 0.564. The van der Waals surface area contributed by atoms with E-state index in [0.29, 0.717) is 31.6 Å². The molecule has 0 spiro atoms. The fraction of sp³-hybridized carbons (Fsp3) is 0.538. The minimum absolute atomic E-state index is 0.0678. The van der Waals surface area contributed by atoms with Crippen LogP contribution in [0.2, 0.25) is 0 Å². The highest BCUT2D eigenvalue weighted by molar-refractivity contribution is 7.89. The van der Waals surface area contributed by atoms with E-state index in [-0.39, 0.29) is 28.5 Å². The van der Waals surface area contributed by atoms with E-state index in [4.69, 9.17) is 9.26 Å². The van der Waals surface area contributed by atoms with Crippen LogP contribution in [-0.2, 0) is 14.8 Å². The van der Waals surface area contributed by atoms with Gasteiger partial charge in [0.05, 0.1) is 7.11 Å². The Labute approximate surface area is 207 Å². The standard InChI is InChI=1S/C26H35N3O5S/c1-19-25(24(34-28-19)14-11-20-9-12-23(33-2)13-10-20)35(31,32)29-17-15-21(16-18-29)26(30)27-22-7-5-3-4-6-8-22/h9-14,21-22H,3-8,15-18H2,1-2H3,(H,27,30)/b14-11+. The molecule has 2 aliphatic rings. The maximum atomic E-state index is 13.5. The smallest absolute Gasteiger partial charge is 0.248 e. The van der Waals surface area contributed by atoms with Gasteiger partial charge in [-0.25, -0.2) is 8.42 Å². The third-order valence-corrected chi connectivity index (χ3v) is 9.06. The van der Waals surface area contributed by atoms with Crippen LogP contribution in [0.3, 0.4) is 0 Å². The molecule has 8 nitrogen and oxygen atoms in total. The second-order valence-corrected chi connectivity index (χ2v) is 11.3. The molecule has 0 bridgehead atoms. The first-order valence-corrected chi connectivity index (χ1v) is 13.9. The second-order valence-electron chi connectivity index (χ2n) is 9.44. The van der Waals surface area contributed by atoms with Crippen molar-refractivity contribution in [2.45, 2.75) is 69.2 Å². The van der Waals surface area contributed by atoms with Crippen LogP contribution in [0.4, 0.5) is 0 Å². The summed E-state index contributed by atoms with van der Waals surface area (Å²) >= 11 is 0. The molecule has 1 aromatic carbocycles. The van der Waals surface area contributed by atoms with Crippen molar-refractivity contribution in [3.8, 4) is 5.75 Å². The lowest BCUT2D eigenvalue weighted by molar-refractivity contribution is -0.126. The lowest BCUT2D eigenvalue weighted by Gasteiger charge is -2.31. The number of aryl methyl sites for hydroxylation is 1. The molecule has 9 heteroatoms. The van der Waals surface area contributed by atoms with Crippen molar-refractivity contribution in [2.75, 3.05) is 20.2 Å². The molecular weight excluding hydrogens is 466 g/mol. The first-order valence-electron chi connectivity index (χ1n) is 12.5. The fourth-order valence-corrected chi connectivity index (χ4v) is 6.64. The molecule has 1 N–H and O–H groups in total. The minimum Gasteiger partial charge on any atom is -0.497 e. The van der Waals surface area contributed by atoms with Crippen molar-refractivity contribution in [1.29, 1.82) is 0 Å². The average molecular weight is 502 g/mol. The van der Waals surface area contributed by atoms with Crippen LogP contribution in [0, 0.1) is 12.8 Å². The summed E-state index contributed by atoms with van der Waals surface area (Å²) < 4.78 is 39.0. The van der Waals surface area contributed by atoms with Gasteiger partial charge in [0.25, 0.3) is 0 Å². The zero-order chi connectivity index (χ0) is 24.8. The Bertz CT molecular complexity index is 1120. The van der Waals surface area contributed by atoms with E-state index in [1.54, 1.807) is 26.2 Å². The number of benzene rings is 1. The number of carbonyl (C=O) groups excluding carboxylic acids is 1. The Morgan fingerprint density at radius 1 is 1.06 bits per heavy atom. The van der Waals surface area contributed by atoms with Crippen molar-refractivity contribution in [1.82, 2.24) is 14.8 Å². The van der Waals surface area contributed by atoms with Gasteiger partial charge in [0, 0.05) is 25.0 Å². The summed E-state index contributed by atoms with van der Waals surface area (Å²) in [5, 5.41) is 7.14. The van der Waals surface area contributed by atoms with E-state index in [9.17, 15) is 13.2 Å². The Balaban J connectivity index is 1.40. The molecular formula is C26H35N3O5S. The molecule has 1 saturated carbocycles. The van der Waals surface area contributed by atoms with Crippen LogP contribution in [0.5, 0.6) is 5.75 Å². The van der Waals surface area contributed by atoms with E-state index in [2.05, 4.69) is 10.5 Å². The topological polar surface area (TPSA) is 102 Å². The Morgan fingerprint density at radius 3 is 2.34 bits per heavy atom. The van der Waals surface area contributed by atoms with Gasteiger partial charge in [-0.3, -0.25) is 4.79 Å². The van der Waals surface area contributed by atoms with Crippen LogP contribution >= 0.6 is 0 Å². The number of hydrogen-bond donors (Lipinski definition) is 1. The van der Waals surface area contributed by atoms with Gasteiger partial charge in [-0.15, -0.1) is 0 Å². The van der Waals surface area contributed by atoms with Crippen LogP contribution in [-0.4, -0.2) is 50.0 Å². The molecule has 190 valence electrons. The fourth-order valence-electron chi connectivity index (χ4n) is 4.92. The number of carbonyl (C=O) groups is 1. The van der Waals surface area contributed by atoms with Gasteiger partial charge in [-0.05, 0) is 56.4 Å². The summed E-state index contributed by atoms with van der Waals surface area (Å²) in [5.74, 6) is 0.861. The number of methoxy groups -OCH3 is 1. The van der Waals surface area contributed by atoms with Gasteiger partial charge in [0.15, 0.2) is 10.7 Å². The Kier molecular flexibility index (Phi) is 8.28. The molecule has 1 saturated heterocycles. The van der Waals surface area contributed by atoms with Gasteiger partial charge in [-0.1, -0.05) is 49.0 Å². The predicted octanol–water partition coefficient (Wildman–Crippen LogP) is 4.40. The molecule has 4 rings (SSSR count). The summed E-state index contributed by atoms with van der Waals surface area (Å²) in [6.45, 7) is 2.24. The lowest BCUT2D eigenvalue weighted by Crippen LogP contribution is -2.45. The molecule has 2 fully saturated rings. The molecule has 1 amide bonds. The Hall–Kier alpha value is -2.65. The van der Waals surface area contributed by atoms with E-state index >= 15 is 0 Å². The van der Waals surface area contributed by atoms with Gasteiger partial charge in [0.2, 0.25) is 15.9 Å². The van der Waals surface area contributed by atoms with Crippen molar-refractivity contribution in [3.63, 3.8) is 0 Å². The second kappa shape index (κ2) is 11.4. The number of nitrogens with one attached hydrogen (secondary N) is 1. The molecule has 1 aliphatic heterocycles. The van der Waals surface area contributed by atoms with E-state index in [1.807, 2.05) is 24.3 Å². The maximum absolute atomic E-state index is 13.5. The largest absolute Gasteiger partial charge is 0.497 e. The number of piperidine rings is 1. The van der Waals surface area contributed by atoms with E-state index < -0.39 is 10.0 Å². The van der Waals surface area contributed by atoms with Crippen LogP contribution in [0.1, 0.15) is 68.4 Å². The number of amides is 1. The number of ether oxygens (including phenoxy) is 1. The number of rotatable bonds is 7. The van der Waals surface area contributed by atoms with E-state index in [1.165, 1.54) is 17.1 Å². The lowest BCUT2D eigenvalue weighted by atomic mass is 9.96. The highest BCUT2D eigenvalue weighted by Gasteiger charge is 2.36. The van der Waals surface area contributed by atoms with Crippen LogP contribution in [0.25, 0.3) is 12.2 Å². The molecule has 2 heterocycles. The first-order chi connectivity index (χ1) is 16.9. The summed E-state index contributed by atoms with van der Waals surface area (Å²) in [5.41, 5.74) is 1.20. The van der Waals surface area contributed by atoms with Gasteiger partial charge in [-0.2, -0.15) is 4.31 Å². The number of sulfonamides is 1. The number of hydrogen-bond acceptors (Lipinski definition) is 6. The SMILES string of the molecule is COc1ccc(/C=C/c2onc(C)c2S(=O)(=O)N2CCC(C(=O)NC3CCCCCC3)CC2)cc1. The molecule has 0 atom stereocenters. The molecule has 2 aromatic rings. The first kappa shape index (κ1) is 25.4. The van der Waals surface area contributed by atoms with Gasteiger partial charge in [0.1, 0.15) is 11.4 Å². The van der Waals surface area contributed by atoms with Gasteiger partial charge >= 0.3 is 0 Å². The van der Waals surface area contributed by atoms with Crippen molar-refractivity contribution in [3.05, 3.63) is 41.3 Å². The molecule has 0 unspecified atom stereocenters. The van der Waals surface area contributed by atoms with Gasteiger partial charge < -0.3 is 14.6 Å². The highest BCUT2D eigenvalue weighted by atomic mass is 32.2. The summed E-state index contributed by atoms with van der Waals surface area (Å²) in [4.78, 5) is 12.9. The zero-order valence-corrected chi connectivity index (χ0v) is 21.4. The van der Waals surface area contributed by atoms with Crippen LogP contribution < -0.4 is 10.1 Å². The van der Waals surface area contributed by atoms with E-state index in [0.717, 1.165) is 37.0 Å². The third kappa shape index (κ3) is 6.13. The highest BCUT2D eigenvalue weighted by Crippen LogP contribution is 2.30.